The molecule has 2 rings (SSSR count). The Morgan fingerprint density at radius 2 is 2.07 bits per heavy atom. The number of rotatable bonds is 2. The van der Waals surface area contributed by atoms with Crippen LogP contribution in [-0.2, 0) is 5.60 Å². The van der Waals surface area contributed by atoms with Crippen LogP contribution >= 0.6 is 0 Å². The Morgan fingerprint density at radius 3 is 2.53 bits per heavy atom. The maximum Gasteiger partial charge on any atom is 0.126 e. The summed E-state index contributed by atoms with van der Waals surface area (Å²) in [6.45, 7) is 3.53. The van der Waals surface area contributed by atoms with Crippen molar-refractivity contribution in [1.82, 2.24) is 0 Å². The first kappa shape index (κ1) is 10.6. The number of hydrogen-bond donors (Lipinski definition) is 1. The fraction of sp³-hybridized carbons (Fsp3) is 0.538. The van der Waals surface area contributed by atoms with Gasteiger partial charge in [0.2, 0.25) is 0 Å². The molecule has 0 amide bonds. The summed E-state index contributed by atoms with van der Waals surface area (Å²) in [5.41, 5.74) is 0.464. The van der Waals surface area contributed by atoms with E-state index in [0.717, 1.165) is 12.8 Å². The summed E-state index contributed by atoms with van der Waals surface area (Å²) in [5, 5.41) is 10.4. The number of benzene rings is 1. The SMILES string of the molecule is Cc1ccc(C(C)(O)C2CCC2)cc1F. The van der Waals surface area contributed by atoms with Gasteiger partial charge in [0.05, 0.1) is 5.60 Å². The third kappa shape index (κ3) is 1.78. The molecule has 82 valence electrons. The lowest BCUT2D eigenvalue weighted by molar-refractivity contribution is -0.0401. The van der Waals surface area contributed by atoms with Gasteiger partial charge in [-0.3, -0.25) is 0 Å². The summed E-state index contributed by atoms with van der Waals surface area (Å²) in [5.74, 6) is 0.0618. The van der Waals surface area contributed by atoms with Crippen molar-refractivity contribution < 1.29 is 9.50 Å². The number of aliphatic hydroxyl groups is 1. The van der Waals surface area contributed by atoms with Crippen LogP contribution in [0.3, 0.4) is 0 Å². The van der Waals surface area contributed by atoms with Crippen LogP contribution in [0.5, 0.6) is 0 Å². The molecule has 0 heterocycles. The first-order valence-electron chi connectivity index (χ1n) is 5.51. The van der Waals surface area contributed by atoms with Crippen molar-refractivity contribution in [2.24, 2.45) is 5.92 Å². The average molecular weight is 208 g/mol. The van der Waals surface area contributed by atoms with Crippen LogP contribution < -0.4 is 0 Å². The normalized spacial score (nSPS) is 20.8. The predicted molar refractivity (Wildman–Crippen MR) is 58.0 cm³/mol. The lowest BCUT2D eigenvalue weighted by Gasteiger charge is -2.39. The van der Waals surface area contributed by atoms with Gasteiger partial charge in [-0.05, 0) is 49.8 Å². The Balaban J connectivity index is 2.31. The second kappa shape index (κ2) is 3.60. The van der Waals surface area contributed by atoms with Crippen LogP contribution in [0.25, 0.3) is 0 Å². The summed E-state index contributed by atoms with van der Waals surface area (Å²) in [6, 6.07) is 5.03. The summed E-state index contributed by atoms with van der Waals surface area (Å²) in [7, 11) is 0. The van der Waals surface area contributed by atoms with Crippen molar-refractivity contribution in [3.8, 4) is 0 Å². The van der Waals surface area contributed by atoms with E-state index in [2.05, 4.69) is 0 Å². The zero-order chi connectivity index (χ0) is 11.1. The number of hydrogen-bond acceptors (Lipinski definition) is 1. The summed E-state index contributed by atoms with van der Waals surface area (Å²) in [6.07, 6.45) is 3.26. The van der Waals surface area contributed by atoms with Crippen molar-refractivity contribution in [2.75, 3.05) is 0 Å². The molecule has 0 radical (unpaired) electrons. The van der Waals surface area contributed by atoms with E-state index >= 15 is 0 Å². The standard InChI is InChI=1S/C13H17FO/c1-9-6-7-11(8-12(9)14)13(2,15)10-4-3-5-10/h6-8,10,15H,3-5H2,1-2H3. The van der Waals surface area contributed by atoms with E-state index in [1.807, 2.05) is 6.07 Å². The van der Waals surface area contributed by atoms with E-state index in [1.165, 1.54) is 12.5 Å². The van der Waals surface area contributed by atoms with Crippen LogP contribution in [0.2, 0.25) is 0 Å². The van der Waals surface area contributed by atoms with Crippen LogP contribution in [-0.4, -0.2) is 5.11 Å². The predicted octanol–water partition coefficient (Wildman–Crippen LogP) is 3.14. The van der Waals surface area contributed by atoms with E-state index in [0.29, 0.717) is 17.0 Å². The van der Waals surface area contributed by atoms with Crippen LogP contribution in [0, 0.1) is 18.7 Å². The fourth-order valence-electron chi connectivity index (χ4n) is 2.11. The van der Waals surface area contributed by atoms with Crippen LogP contribution in [0.4, 0.5) is 4.39 Å². The molecule has 1 aliphatic rings. The maximum atomic E-state index is 13.4. The van der Waals surface area contributed by atoms with Gasteiger partial charge in [-0.2, -0.15) is 0 Å². The van der Waals surface area contributed by atoms with Gasteiger partial charge in [0.25, 0.3) is 0 Å². The topological polar surface area (TPSA) is 20.2 Å². The summed E-state index contributed by atoms with van der Waals surface area (Å²) < 4.78 is 13.4. The van der Waals surface area contributed by atoms with E-state index in [-0.39, 0.29) is 5.82 Å². The van der Waals surface area contributed by atoms with E-state index in [9.17, 15) is 9.50 Å². The maximum absolute atomic E-state index is 13.4. The van der Waals surface area contributed by atoms with Crippen molar-refractivity contribution in [2.45, 2.75) is 38.7 Å². The molecule has 1 saturated carbocycles. The van der Waals surface area contributed by atoms with Crippen molar-refractivity contribution >= 4 is 0 Å². The van der Waals surface area contributed by atoms with Crippen LogP contribution in [0.1, 0.15) is 37.3 Å². The highest BCUT2D eigenvalue weighted by Gasteiger charge is 2.37. The molecule has 2 heteroatoms. The third-order valence-corrected chi connectivity index (χ3v) is 3.66. The number of aryl methyl sites for hydroxylation is 1. The van der Waals surface area contributed by atoms with E-state index in [1.54, 1.807) is 19.9 Å². The van der Waals surface area contributed by atoms with Gasteiger partial charge in [-0.25, -0.2) is 4.39 Å². The number of halogens is 1. The van der Waals surface area contributed by atoms with Crippen molar-refractivity contribution in [1.29, 1.82) is 0 Å². The molecule has 1 unspecified atom stereocenters. The molecular formula is C13H17FO. The molecule has 1 aliphatic carbocycles. The molecule has 15 heavy (non-hydrogen) atoms. The van der Waals surface area contributed by atoms with Gasteiger partial charge in [0.1, 0.15) is 5.82 Å². The van der Waals surface area contributed by atoms with Gasteiger partial charge >= 0.3 is 0 Å². The largest absolute Gasteiger partial charge is 0.385 e. The lowest BCUT2D eigenvalue weighted by Crippen LogP contribution is -2.36. The second-order valence-corrected chi connectivity index (χ2v) is 4.74. The molecule has 1 aromatic carbocycles. The molecule has 0 saturated heterocycles. The zero-order valence-corrected chi connectivity index (χ0v) is 9.26. The van der Waals surface area contributed by atoms with Crippen LogP contribution in [0.15, 0.2) is 18.2 Å². The van der Waals surface area contributed by atoms with E-state index < -0.39 is 5.60 Å². The van der Waals surface area contributed by atoms with Gasteiger partial charge in [-0.15, -0.1) is 0 Å². The molecule has 0 bridgehead atoms. The molecule has 0 spiro atoms. The highest BCUT2D eigenvalue weighted by Crippen LogP contribution is 2.42. The van der Waals surface area contributed by atoms with E-state index in [4.69, 9.17) is 0 Å². The summed E-state index contributed by atoms with van der Waals surface area (Å²) in [4.78, 5) is 0. The average Bonchev–Trinajstić information content (AvgIpc) is 2.05. The second-order valence-electron chi connectivity index (χ2n) is 4.74. The Hall–Kier alpha value is -0.890. The minimum absolute atomic E-state index is 0.230. The third-order valence-electron chi connectivity index (χ3n) is 3.66. The fourth-order valence-corrected chi connectivity index (χ4v) is 2.11. The molecule has 1 atom stereocenters. The Kier molecular flexibility index (Phi) is 2.55. The van der Waals surface area contributed by atoms with Crippen molar-refractivity contribution in [3.05, 3.63) is 35.1 Å². The highest BCUT2D eigenvalue weighted by atomic mass is 19.1. The molecule has 1 N–H and O–H groups in total. The molecule has 0 aliphatic heterocycles. The zero-order valence-electron chi connectivity index (χ0n) is 9.26. The molecule has 1 aromatic rings. The van der Waals surface area contributed by atoms with Gasteiger partial charge in [0, 0.05) is 0 Å². The molecule has 1 fully saturated rings. The Labute approximate surface area is 89.9 Å². The minimum Gasteiger partial charge on any atom is -0.385 e. The quantitative estimate of drug-likeness (QED) is 0.791. The minimum atomic E-state index is -0.868. The smallest absolute Gasteiger partial charge is 0.126 e. The summed E-state index contributed by atoms with van der Waals surface area (Å²) >= 11 is 0. The molecule has 1 nitrogen and oxygen atoms in total. The highest BCUT2D eigenvalue weighted by molar-refractivity contribution is 5.28. The van der Waals surface area contributed by atoms with Gasteiger partial charge < -0.3 is 5.11 Å². The monoisotopic (exact) mass is 208 g/mol. The van der Waals surface area contributed by atoms with Crippen molar-refractivity contribution in [3.63, 3.8) is 0 Å². The molecular weight excluding hydrogens is 191 g/mol. The van der Waals surface area contributed by atoms with Gasteiger partial charge in [-0.1, -0.05) is 18.6 Å². The Bertz CT molecular complexity index is 367. The molecule has 0 aromatic heterocycles. The lowest BCUT2D eigenvalue weighted by atomic mass is 9.71. The first-order valence-corrected chi connectivity index (χ1v) is 5.51. The Morgan fingerprint density at radius 1 is 1.40 bits per heavy atom. The van der Waals surface area contributed by atoms with Gasteiger partial charge in [0.15, 0.2) is 0 Å². The first-order chi connectivity index (χ1) is 7.01.